The minimum Gasteiger partial charge on any atom is -0.278 e. The monoisotopic (exact) mass is 236 g/mol. The molecule has 0 saturated carbocycles. The maximum Gasteiger partial charge on any atom is 0.234 e. The van der Waals surface area contributed by atoms with E-state index in [1.54, 1.807) is 0 Å². The Bertz CT molecular complexity index is 275. The zero-order valence-corrected chi connectivity index (χ0v) is 10.2. The van der Waals surface area contributed by atoms with E-state index in [2.05, 4.69) is 12.3 Å². The molecule has 0 radical (unpaired) electrons. The summed E-state index contributed by atoms with van der Waals surface area (Å²) in [5.41, 5.74) is 2.14. The van der Waals surface area contributed by atoms with Gasteiger partial charge in [-0.25, -0.2) is 8.42 Å². The molecule has 0 fully saturated rings. The molecule has 0 rings (SSSR count). The fourth-order valence-corrected chi connectivity index (χ4v) is 1.40. The number of nitrogens with one attached hydrogen (secondary N) is 2. The summed E-state index contributed by atoms with van der Waals surface area (Å²) in [6.07, 6.45) is 6.66. The average molecular weight is 236 g/mol. The molecule has 0 aliphatic rings. The number of unbranched alkanes of at least 4 members (excludes halogenated alkanes) is 4. The maximum absolute atomic E-state index is 11.1. The van der Waals surface area contributed by atoms with Gasteiger partial charge >= 0.3 is 0 Å². The lowest BCUT2D eigenvalue weighted by atomic mass is 10.1. The predicted molar refractivity (Wildman–Crippen MR) is 59.5 cm³/mol. The van der Waals surface area contributed by atoms with Gasteiger partial charge in [-0.2, -0.15) is 0 Å². The lowest BCUT2D eigenvalue weighted by molar-refractivity contribution is -0.121. The van der Waals surface area contributed by atoms with E-state index in [1.165, 1.54) is 12.8 Å². The molecule has 0 aromatic rings. The molecule has 2 N–H and O–H groups in total. The molecule has 0 aliphatic heterocycles. The maximum atomic E-state index is 11.1. The summed E-state index contributed by atoms with van der Waals surface area (Å²) in [6.45, 7) is 2.13. The van der Waals surface area contributed by atoms with E-state index in [1.807, 2.05) is 4.83 Å². The van der Waals surface area contributed by atoms with Crippen molar-refractivity contribution in [1.29, 1.82) is 0 Å². The molecule has 0 unspecified atom stereocenters. The first-order chi connectivity index (χ1) is 6.95. The quantitative estimate of drug-likeness (QED) is 0.486. The van der Waals surface area contributed by atoms with Crippen LogP contribution < -0.4 is 10.3 Å². The number of carbonyl (C=O) groups excluding carboxylic acids is 1. The molecule has 90 valence electrons. The molecular weight excluding hydrogens is 216 g/mol. The third-order valence-electron chi connectivity index (χ3n) is 1.88. The van der Waals surface area contributed by atoms with E-state index in [9.17, 15) is 13.2 Å². The first-order valence-corrected chi connectivity index (χ1v) is 7.10. The lowest BCUT2D eigenvalue weighted by Crippen LogP contribution is -2.40. The largest absolute Gasteiger partial charge is 0.278 e. The first kappa shape index (κ1) is 14.4. The van der Waals surface area contributed by atoms with E-state index < -0.39 is 10.0 Å². The van der Waals surface area contributed by atoms with E-state index in [0.29, 0.717) is 6.42 Å². The number of hydrazine groups is 1. The number of rotatable bonds is 8. The SMILES string of the molecule is CCCCCCCC(=O)NNS(C)(=O)=O. The predicted octanol–water partition coefficient (Wildman–Crippen LogP) is 0.927. The summed E-state index contributed by atoms with van der Waals surface area (Å²) >= 11 is 0. The summed E-state index contributed by atoms with van der Waals surface area (Å²) in [5.74, 6) is -0.281. The van der Waals surface area contributed by atoms with Gasteiger partial charge in [0.25, 0.3) is 0 Å². The summed E-state index contributed by atoms with van der Waals surface area (Å²) < 4.78 is 21.3. The van der Waals surface area contributed by atoms with Gasteiger partial charge in [0, 0.05) is 6.42 Å². The van der Waals surface area contributed by atoms with Crippen LogP contribution >= 0.6 is 0 Å². The number of carbonyl (C=O) groups is 1. The topological polar surface area (TPSA) is 75.3 Å². The minimum absolute atomic E-state index is 0.281. The van der Waals surface area contributed by atoms with Gasteiger partial charge in [0.2, 0.25) is 15.9 Å². The van der Waals surface area contributed by atoms with Crippen molar-refractivity contribution in [3.05, 3.63) is 0 Å². The first-order valence-electron chi connectivity index (χ1n) is 5.21. The zero-order valence-electron chi connectivity index (χ0n) is 9.38. The number of sulfonamides is 1. The van der Waals surface area contributed by atoms with Gasteiger partial charge in [-0.05, 0) is 6.42 Å². The summed E-state index contributed by atoms with van der Waals surface area (Å²) in [6, 6.07) is 0. The highest BCUT2D eigenvalue weighted by Crippen LogP contribution is 2.04. The highest BCUT2D eigenvalue weighted by atomic mass is 32.2. The van der Waals surface area contributed by atoms with Gasteiger partial charge in [-0.15, -0.1) is 4.83 Å². The van der Waals surface area contributed by atoms with Crippen LogP contribution in [0.2, 0.25) is 0 Å². The molecule has 0 spiro atoms. The zero-order chi connectivity index (χ0) is 11.7. The molecule has 6 heteroatoms. The summed E-state index contributed by atoms with van der Waals surface area (Å²) in [4.78, 5) is 13.0. The highest BCUT2D eigenvalue weighted by Gasteiger charge is 2.04. The third-order valence-corrected chi connectivity index (χ3v) is 2.36. The van der Waals surface area contributed by atoms with Gasteiger partial charge in [-0.1, -0.05) is 32.6 Å². The van der Waals surface area contributed by atoms with Gasteiger partial charge in [0.1, 0.15) is 0 Å². The van der Waals surface area contributed by atoms with E-state index in [4.69, 9.17) is 0 Å². The van der Waals surface area contributed by atoms with Gasteiger partial charge in [0.05, 0.1) is 6.26 Å². The average Bonchev–Trinajstić information content (AvgIpc) is 2.13. The van der Waals surface area contributed by atoms with Crippen molar-refractivity contribution in [2.75, 3.05) is 6.26 Å². The van der Waals surface area contributed by atoms with Crippen LogP contribution in [-0.4, -0.2) is 20.6 Å². The Morgan fingerprint density at radius 1 is 1.13 bits per heavy atom. The highest BCUT2D eigenvalue weighted by molar-refractivity contribution is 7.88. The fourth-order valence-electron chi connectivity index (χ4n) is 1.10. The molecule has 1 amide bonds. The van der Waals surface area contributed by atoms with Crippen molar-refractivity contribution in [3.63, 3.8) is 0 Å². The molecular formula is C9H20N2O3S. The van der Waals surface area contributed by atoms with Crippen molar-refractivity contribution < 1.29 is 13.2 Å². The number of hydrogen-bond acceptors (Lipinski definition) is 3. The van der Waals surface area contributed by atoms with Crippen LogP contribution in [0.15, 0.2) is 0 Å². The Morgan fingerprint density at radius 3 is 2.27 bits per heavy atom. The molecule has 0 heterocycles. The fraction of sp³-hybridized carbons (Fsp3) is 0.889. The van der Waals surface area contributed by atoms with Crippen LogP contribution in [0.4, 0.5) is 0 Å². The summed E-state index contributed by atoms with van der Waals surface area (Å²) in [5, 5.41) is 0. The van der Waals surface area contributed by atoms with Gasteiger partial charge in [0.15, 0.2) is 0 Å². The van der Waals surface area contributed by atoms with Crippen molar-refractivity contribution in [2.24, 2.45) is 0 Å². The smallest absolute Gasteiger partial charge is 0.234 e. The van der Waals surface area contributed by atoms with Crippen LogP contribution in [0.5, 0.6) is 0 Å². The van der Waals surface area contributed by atoms with Crippen LogP contribution in [0, 0.1) is 0 Å². The standard InChI is InChI=1S/C9H20N2O3S/c1-3-4-5-6-7-8-9(12)10-11-15(2,13)14/h11H,3-8H2,1-2H3,(H,10,12). The Hall–Kier alpha value is -0.620. The number of hydrogen-bond donors (Lipinski definition) is 2. The Morgan fingerprint density at radius 2 is 1.73 bits per heavy atom. The van der Waals surface area contributed by atoms with E-state index >= 15 is 0 Å². The second-order valence-corrected chi connectivity index (χ2v) is 5.34. The Labute approximate surface area is 91.7 Å². The molecule has 0 aromatic heterocycles. The van der Waals surface area contributed by atoms with Crippen molar-refractivity contribution >= 4 is 15.9 Å². The van der Waals surface area contributed by atoms with E-state index in [-0.39, 0.29) is 5.91 Å². The van der Waals surface area contributed by atoms with Crippen LogP contribution in [0.1, 0.15) is 45.4 Å². The van der Waals surface area contributed by atoms with Gasteiger partial charge < -0.3 is 0 Å². The molecule has 0 saturated heterocycles. The lowest BCUT2D eigenvalue weighted by Gasteiger charge is -2.04. The van der Waals surface area contributed by atoms with Gasteiger partial charge in [-0.3, -0.25) is 10.2 Å². The van der Waals surface area contributed by atoms with Crippen LogP contribution in [-0.2, 0) is 14.8 Å². The van der Waals surface area contributed by atoms with Crippen molar-refractivity contribution in [3.8, 4) is 0 Å². The molecule has 0 aliphatic carbocycles. The second-order valence-electron chi connectivity index (χ2n) is 3.59. The second kappa shape index (κ2) is 7.64. The molecule has 0 aromatic carbocycles. The third kappa shape index (κ3) is 11.3. The Balaban J connectivity index is 3.42. The molecule has 0 atom stereocenters. The Kier molecular flexibility index (Phi) is 7.33. The summed E-state index contributed by atoms with van der Waals surface area (Å²) in [7, 11) is -3.34. The molecule has 5 nitrogen and oxygen atoms in total. The minimum atomic E-state index is -3.34. The number of amides is 1. The van der Waals surface area contributed by atoms with E-state index in [0.717, 1.165) is 25.5 Å². The van der Waals surface area contributed by atoms with Crippen LogP contribution in [0.3, 0.4) is 0 Å². The normalized spacial score (nSPS) is 11.3. The van der Waals surface area contributed by atoms with Crippen molar-refractivity contribution in [2.45, 2.75) is 45.4 Å². The van der Waals surface area contributed by atoms with Crippen molar-refractivity contribution in [1.82, 2.24) is 10.3 Å². The molecule has 15 heavy (non-hydrogen) atoms. The van der Waals surface area contributed by atoms with Crippen LogP contribution in [0.25, 0.3) is 0 Å². The molecule has 0 bridgehead atoms.